The number of hydrogen-bond acceptors (Lipinski definition) is 10. The van der Waals surface area contributed by atoms with E-state index in [4.69, 9.17) is 21.6 Å². The van der Waals surface area contributed by atoms with Crippen molar-refractivity contribution in [1.29, 1.82) is 5.26 Å². The highest BCUT2D eigenvalue weighted by atomic mass is 35.5. The van der Waals surface area contributed by atoms with Crippen LogP contribution in [0.1, 0.15) is 60.5 Å². The standard InChI is InChI=1S/C41H43ClN8O5/c42-36-20-34(9-3-28(36)21-43)55-33-10-4-30(5-11-33)45-39(52)27-1-6-31(7-2-27)49-24-26(25-49)23-47-15-17-48(18-16-47)32-8-12-35-29(19-32)22-44-50(41(35)54)37-13-14-38(51)46-40(37)53/h1-3,6-9,12,19-20,22,26,30,33,37H,4-5,10-11,13-18,23-25H2,(H,45,52)(H,46,51,53)/t30?,33?,37-/m0/s1. The molecule has 284 valence electrons. The molecule has 1 saturated carbocycles. The number of hydrogen-bond donors (Lipinski definition) is 2. The van der Waals surface area contributed by atoms with E-state index in [1.807, 2.05) is 42.5 Å². The molecule has 0 bridgehead atoms. The van der Waals surface area contributed by atoms with Gasteiger partial charge in [0.15, 0.2) is 0 Å². The zero-order chi connectivity index (χ0) is 38.1. The number of piperazine rings is 1. The molecule has 4 fully saturated rings. The fraction of sp³-hybridized carbons (Fsp3) is 0.415. The average Bonchev–Trinajstić information content (AvgIpc) is 3.18. The third kappa shape index (κ3) is 8.02. The maximum absolute atomic E-state index is 13.2. The molecule has 55 heavy (non-hydrogen) atoms. The number of piperidine rings is 1. The fourth-order valence-corrected chi connectivity index (χ4v) is 8.42. The van der Waals surface area contributed by atoms with Crippen molar-refractivity contribution in [3.8, 4) is 11.8 Å². The van der Waals surface area contributed by atoms with Gasteiger partial charge < -0.3 is 19.9 Å². The molecule has 3 saturated heterocycles. The number of ether oxygens (including phenoxy) is 1. The summed E-state index contributed by atoms with van der Waals surface area (Å²) >= 11 is 6.15. The van der Waals surface area contributed by atoms with Gasteiger partial charge in [-0.15, -0.1) is 0 Å². The predicted octanol–water partition coefficient (Wildman–Crippen LogP) is 4.28. The molecule has 4 aromatic rings. The van der Waals surface area contributed by atoms with E-state index in [0.717, 1.165) is 88.3 Å². The Labute approximate surface area is 323 Å². The van der Waals surface area contributed by atoms with E-state index in [2.05, 4.69) is 36.5 Å². The number of benzene rings is 3. The number of nitriles is 1. The molecule has 1 aliphatic carbocycles. The van der Waals surface area contributed by atoms with Crippen molar-refractivity contribution in [3.63, 3.8) is 0 Å². The summed E-state index contributed by atoms with van der Waals surface area (Å²) in [6.07, 6.45) is 5.46. The summed E-state index contributed by atoms with van der Waals surface area (Å²) < 4.78 is 7.29. The number of halogens is 1. The van der Waals surface area contributed by atoms with Gasteiger partial charge in [0.05, 0.1) is 28.3 Å². The summed E-state index contributed by atoms with van der Waals surface area (Å²) in [5.74, 6) is 0.377. The average molecular weight is 763 g/mol. The minimum absolute atomic E-state index is 0.0518. The van der Waals surface area contributed by atoms with Gasteiger partial charge in [-0.25, -0.2) is 4.68 Å². The Kier molecular flexibility index (Phi) is 10.4. The molecule has 1 atom stereocenters. The molecular weight excluding hydrogens is 720 g/mol. The number of nitrogens with one attached hydrogen (secondary N) is 2. The summed E-state index contributed by atoms with van der Waals surface area (Å²) in [6, 6.07) is 20.2. The minimum Gasteiger partial charge on any atom is -0.490 e. The first-order valence-corrected chi connectivity index (χ1v) is 19.4. The SMILES string of the molecule is N#Cc1ccc(OC2CCC(NC(=O)c3ccc(N4CC(CN5CCN(c6ccc7c(=O)n([C@H]8CCC(=O)NC8=O)ncc7c6)CC5)C4)cc3)CC2)cc1Cl. The minimum atomic E-state index is -0.780. The zero-order valence-electron chi connectivity index (χ0n) is 30.5. The summed E-state index contributed by atoms with van der Waals surface area (Å²) in [7, 11) is 0. The van der Waals surface area contributed by atoms with Crippen molar-refractivity contribution in [1.82, 2.24) is 25.3 Å². The maximum atomic E-state index is 13.2. The first kappa shape index (κ1) is 36.5. The highest BCUT2D eigenvalue weighted by molar-refractivity contribution is 6.31. The summed E-state index contributed by atoms with van der Waals surface area (Å²) in [4.78, 5) is 57.3. The summed E-state index contributed by atoms with van der Waals surface area (Å²) in [5, 5.41) is 20.5. The van der Waals surface area contributed by atoms with Crippen molar-refractivity contribution < 1.29 is 19.1 Å². The van der Waals surface area contributed by atoms with E-state index < -0.39 is 11.9 Å². The molecule has 3 amide bonds. The molecule has 2 N–H and O–H groups in total. The van der Waals surface area contributed by atoms with E-state index >= 15 is 0 Å². The molecule has 4 heterocycles. The molecular formula is C41H43ClN8O5. The second kappa shape index (κ2) is 15.7. The van der Waals surface area contributed by atoms with Crippen LogP contribution in [0.4, 0.5) is 11.4 Å². The Morgan fingerprint density at radius 3 is 2.36 bits per heavy atom. The van der Waals surface area contributed by atoms with Gasteiger partial charge in [-0.2, -0.15) is 10.4 Å². The number of carbonyl (C=O) groups excluding carboxylic acids is 3. The largest absolute Gasteiger partial charge is 0.490 e. The van der Waals surface area contributed by atoms with E-state index in [1.165, 1.54) is 4.68 Å². The zero-order valence-corrected chi connectivity index (χ0v) is 31.2. The molecule has 13 nitrogen and oxygen atoms in total. The van der Waals surface area contributed by atoms with Crippen molar-refractivity contribution in [3.05, 3.63) is 93.4 Å². The third-order valence-electron chi connectivity index (χ3n) is 11.4. The predicted molar refractivity (Wildman–Crippen MR) is 209 cm³/mol. The van der Waals surface area contributed by atoms with Gasteiger partial charge in [-0.3, -0.25) is 29.4 Å². The van der Waals surface area contributed by atoms with Gasteiger partial charge >= 0.3 is 0 Å². The molecule has 1 aromatic heterocycles. The van der Waals surface area contributed by atoms with Gasteiger partial charge in [-0.1, -0.05) is 11.6 Å². The third-order valence-corrected chi connectivity index (χ3v) is 11.7. The monoisotopic (exact) mass is 762 g/mol. The van der Waals surface area contributed by atoms with Crippen LogP contribution >= 0.6 is 11.6 Å². The molecule has 4 aliphatic rings. The van der Waals surface area contributed by atoms with Gasteiger partial charge in [-0.05, 0) is 86.7 Å². The number of nitrogens with zero attached hydrogens (tertiary/aromatic N) is 6. The van der Waals surface area contributed by atoms with Crippen LogP contribution in [0.15, 0.2) is 71.7 Å². The number of carbonyl (C=O) groups is 3. The van der Waals surface area contributed by atoms with Gasteiger partial charge in [0.1, 0.15) is 17.9 Å². The Balaban J connectivity index is 0.757. The Hall–Kier alpha value is -5.45. The van der Waals surface area contributed by atoms with E-state index in [-0.39, 0.29) is 42.4 Å². The molecule has 14 heteroatoms. The van der Waals surface area contributed by atoms with Crippen LogP contribution in [0.2, 0.25) is 5.02 Å². The van der Waals surface area contributed by atoms with Gasteiger partial charge in [0, 0.05) is 92.6 Å². The Morgan fingerprint density at radius 1 is 0.909 bits per heavy atom. The quantitative estimate of drug-likeness (QED) is 0.237. The number of fused-ring (bicyclic) bond motifs is 1. The van der Waals surface area contributed by atoms with Gasteiger partial charge in [0.25, 0.3) is 17.4 Å². The summed E-state index contributed by atoms with van der Waals surface area (Å²) in [5.41, 5.74) is 2.94. The van der Waals surface area contributed by atoms with Crippen molar-refractivity contribution in [2.75, 3.05) is 55.6 Å². The number of amides is 3. The number of imide groups is 1. The highest BCUT2D eigenvalue weighted by Crippen LogP contribution is 2.29. The lowest BCUT2D eigenvalue weighted by Gasteiger charge is -2.45. The van der Waals surface area contributed by atoms with Crippen LogP contribution in [-0.2, 0) is 9.59 Å². The highest BCUT2D eigenvalue weighted by Gasteiger charge is 2.32. The van der Waals surface area contributed by atoms with Crippen LogP contribution < -0.4 is 30.7 Å². The molecule has 0 spiro atoms. The topological polar surface area (TPSA) is 153 Å². The second-order valence-corrected chi connectivity index (χ2v) is 15.5. The maximum Gasteiger partial charge on any atom is 0.275 e. The van der Waals surface area contributed by atoms with Crippen molar-refractivity contribution in [2.45, 2.75) is 56.7 Å². The molecule has 0 radical (unpaired) electrons. The van der Waals surface area contributed by atoms with E-state index in [9.17, 15) is 19.2 Å². The first-order chi connectivity index (χ1) is 26.7. The first-order valence-electron chi connectivity index (χ1n) is 19.1. The lowest BCUT2D eigenvalue weighted by molar-refractivity contribution is -0.136. The number of aromatic nitrogens is 2. The van der Waals surface area contributed by atoms with Crippen LogP contribution in [0.5, 0.6) is 5.75 Å². The Morgan fingerprint density at radius 2 is 1.65 bits per heavy atom. The molecule has 8 rings (SSSR count). The molecule has 3 aromatic carbocycles. The van der Waals surface area contributed by atoms with Crippen LogP contribution in [0.3, 0.4) is 0 Å². The number of rotatable bonds is 9. The lowest BCUT2D eigenvalue weighted by Crippen LogP contribution is -2.55. The van der Waals surface area contributed by atoms with E-state index in [1.54, 1.807) is 24.4 Å². The molecule has 0 unspecified atom stereocenters. The normalized spacial score (nSPS) is 22.1. The van der Waals surface area contributed by atoms with Crippen LogP contribution in [0.25, 0.3) is 10.8 Å². The second-order valence-electron chi connectivity index (χ2n) is 15.1. The van der Waals surface area contributed by atoms with Crippen LogP contribution in [0, 0.1) is 17.2 Å². The molecule has 3 aliphatic heterocycles. The smallest absolute Gasteiger partial charge is 0.275 e. The lowest BCUT2D eigenvalue weighted by atomic mass is 9.92. The van der Waals surface area contributed by atoms with Crippen LogP contribution in [-0.4, -0.2) is 90.4 Å². The van der Waals surface area contributed by atoms with Gasteiger partial charge in [0.2, 0.25) is 5.91 Å². The fourth-order valence-electron chi connectivity index (χ4n) is 8.21. The Bertz CT molecular complexity index is 2200. The summed E-state index contributed by atoms with van der Waals surface area (Å²) in [6.45, 7) is 6.69. The van der Waals surface area contributed by atoms with E-state index in [0.29, 0.717) is 33.2 Å². The van der Waals surface area contributed by atoms with Crippen molar-refractivity contribution in [2.24, 2.45) is 5.92 Å². The van der Waals surface area contributed by atoms with Crippen molar-refractivity contribution >= 4 is 51.5 Å². The number of anilines is 2.